The van der Waals surface area contributed by atoms with Crippen LogP contribution in [0.5, 0.6) is 5.75 Å². The number of aliphatic hydroxyl groups excluding tert-OH is 1. The molecule has 0 radical (unpaired) electrons. The van der Waals surface area contributed by atoms with E-state index >= 15 is 0 Å². The van der Waals surface area contributed by atoms with Crippen LogP contribution in [0.1, 0.15) is 24.8 Å². The van der Waals surface area contributed by atoms with Crippen molar-refractivity contribution in [2.24, 2.45) is 0 Å². The van der Waals surface area contributed by atoms with Gasteiger partial charge in [0, 0.05) is 31.7 Å². The first kappa shape index (κ1) is 22.3. The number of thioether (sulfide) groups is 1. The van der Waals surface area contributed by atoms with Crippen molar-refractivity contribution in [1.29, 1.82) is 0 Å². The van der Waals surface area contributed by atoms with Gasteiger partial charge in [-0.3, -0.25) is 14.5 Å². The number of ether oxygens (including phenoxy) is 1. The highest BCUT2D eigenvalue weighted by molar-refractivity contribution is 8.26. The highest BCUT2D eigenvalue weighted by Crippen LogP contribution is 2.34. The molecule has 1 aliphatic heterocycles. The molecule has 152 valence electrons. The Hall–Kier alpha value is -2.04. The fraction of sp³-hybridized carbons (Fsp3) is 0.389. The molecule has 0 bridgehead atoms. The molecule has 1 saturated heterocycles. The van der Waals surface area contributed by atoms with Gasteiger partial charge in [-0.2, -0.15) is 8.78 Å². The van der Waals surface area contributed by atoms with E-state index in [1.165, 1.54) is 17.0 Å². The number of benzene rings is 1. The minimum Gasteiger partial charge on any atom is -0.434 e. The monoisotopic (exact) mass is 430 g/mol. The van der Waals surface area contributed by atoms with Gasteiger partial charge in [-0.25, -0.2) is 0 Å². The molecule has 1 aromatic rings. The van der Waals surface area contributed by atoms with Gasteiger partial charge in [0.15, 0.2) is 0 Å². The quantitative estimate of drug-likeness (QED) is 0.338. The molecule has 1 aliphatic rings. The van der Waals surface area contributed by atoms with E-state index in [1.54, 1.807) is 18.2 Å². The van der Waals surface area contributed by atoms with Crippen LogP contribution >= 0.6 is 24.0 Å². The normalized spacial score (nSPS) is 15.6. The van der Waals surface area contributed by atoms with Crippen molar-refractivity contribution in [3.63, 3.8) is 0 Å². The number of rotatable bonds is 10. The summed E-state index contributed by atoms with van der Waals surface area (Å²) in [4.78, 5) is 25.9. The summed E-state index contributed by atoms with van der Waals surface area (Å²) in [7, 11) is 0. The van der Waals surface area contributed by atoms with E-state index in [2.05, 4.69) is 10.1 Å². The van der Waals surface area contributed by atoms with Crippen LogP contribution in [-0.2, 0) is 9.59 Å². The number of carbonyl (C=O) groups is 2. The first-order valence-electron chi connectivity index (χ1n) is 8.59. The minimum atomic E-state index is -2.97. The number of alkyl halides is 2. The second kappa shape index (κ2) is 11.1. The number of hydrogen-bond donors (Lipinski definition) is 2. The molecule has 0 atom stereocenters. The van der Waals surface area contributed by atoms with Crippen molar-refractivity contribution in [3.05, 3.63) is 34.7 Å². The van der Waals surface area contributed by atoms with Crippen LogP contribution in [-0.4, -0.2) is 52.4 Å². The molecule has 1 heterocycles. The molecular weight excluding hydrogens is 410 g/mol. The Morgan fingerprint density at radius 3 is 2.82 bits per heavy atom. The van der Waals surface area contributed by atoms with Gasteiger partial charge >= 0.3 is 6.61 Å². The zero-order valence-electron chi connectivity index (χ0n) is 14.9. The first-order chi connectivity index (χ1) is 13.4. The zero-order valence-corrected chi connectivity index (χ0v) is 16.5. The molecule has 1 fully saturated rings. The van der Waals surface area contributed by atoms with Gasteiger partial charge in [-0.05, 0) is 25.0 Å². The van der Waals surface area contributed by atoms with Crippen molar-refractivity contribution in [1.82, 2.24) is 10.2 Å². The molecule has 2 N–H and O–H groups in total. The van der Waals surface area contributed by atoms with Gasteiger partial charge in [0.05, 0.1) is 4.91 Å². The molecule has 6 nitrogen and oxygen atoms in total. The molecule has 0 aromatic heterocycles. The lowest BCUT2D eigenvalue weighted by Gasteiger charge is -2.14. The number of hydrogen-bond acceptors (Lipinski definition) is 6. The topological polar surface area (TPSA) is 78.9 Å². The van der Waals surface area contributed by atoms with Crippen LogP contribution in [0, 0.1) is 0 Å². The van der Waals surface area contributed by atoms with Gasteiger partial charge in [0.1, 0.15) is 10.1 Å². The molecule has 2 amide bonds. The smallest absolute Gasteiger partial charge is 0.387 e. The molecule has 28 heavy (non-hydrogen) atoms. The van der Waals surface area contributed by atoms with Crippen molar-refractivity contribution in [3.8, 4) is 5.75 Å². The summed E-state index contributed by atoms with van der Waals surface area (Å²) in [5, 5.41) is 11.4. The summed E-state index contributed by atoms with van der Waals surface area (Å²) in [5.41, 5.74) is 0.353. The highest BCUT2D eigenvalue weighted by atomic mass is 32.2. The molecule has 0 unspecified atom stereocenters. The first-order valence-corrected chi connectivity index (χ1v) is 9.81. The lowest BCUT2D eigenvalue weighted by molar-refractivity contribution is -0.124. The number of halogens is 2. The van der Waals surface area contributed by atoms with Gasteiger partial charge in [-0.1, -0.05) is 42.2 Å². The van der Waals surface area contributed by atoms with Gasteiger partial charge in [0.25, 0.3) is 5.91 Å². The number of aliphatic hydroxyl groups is 1. The summed E-state index contributed by atoms with van der Waals surface area (Å²) >= 11 is 6.30. The number of para-hydroxylation sites is 1. The van der Waals surface area contributed by atoms with Crippen molar-refractivity contribution < 1.29 is 28.2 Å². The maximum absolute atomic E-state index is 12.6. The summed E-state index contributed by atoms with van der Waals surface area (Å²) in [6.07, 6.45) is 2.61. The standard InChI is InChI=1S/C18H20F2N2O4S2/c19-17(20)26-13-6-2-1-5-12(13)11-14-16(25)22(18(27)28-14)9-3-7-15(24)21-8-4-10-23/h1-2,5-6,11,17,23H,3-4,7-10H2,(H,21,24)/b14-11-. The summed E-state index contributed by atoms with van der Waals surface area (Å²) in [6, 6.07) is 6.18. The average Bonchev–Trinajstić information content (AvgIpc) is 2.90. The van der Waals surface area contributed by atoms with E-state index in [-0.39, 0.29) is 37.1 Å². The second-order valence-electron chi connectivity index (χ2n) is 5.78. The summed E-state index contributed by atoms with van der Waals surface area (Å²) in [5.74, 6) is -0.516. The van der Waals surface area contributed by atoms with E-state index in [1.807, 2.05) is 0 Å². The Bertz CT molecular complexity index is 759. The second-order valence-corrected chi connectivity index (χ2v) is 7.46. The predicted octanol–water partition coefficient (Wildman–Crippen LogP) is 2.77. The molecular formula is C18H20F2N2O4S2. The van der Waals surface area contributed by atoms with Crippen molar-refractivity contribution in [2.45, 2.75) is 25.9 Å². The SMILES string of the molecule is O=C(CCCN1C(=O)/C(=C/c2ccccc2OC(F)F)SC1=S)NCCCO. The van der Waals surface area contributed by atoms with Crippen LogP contribution in [0.4, 0.5) is 8.78 Å². The fourth-order valence-corrected chi connectivity index (χ4v) is 3.73. The van der Waals surface area contributed by atoms with E-state index in [4.69, 9.17) is 17.3 Å². The molecule has 2 rings (SSSR count). The Morgan fingerprint density at radius 1 is 1.36 bits per heavy atom. The Balaban J connectivity index is 1.96. The van der Waals surface area contributed by atoms with Crippen LogP contribution in [0.15, 0.2) is 29.2 Å². The summed E-state index contributed by atoms with van der Waals surface area (Å²) < 4.78 is 29.9. The molecule has 10 heteroatoms. The van der Waals surface area contributed by atoms with Gasteiger partial charge < -0.3 is 15.2 Å². The van der Waals surface area contributed by atoms with Crippen molar-refractivity contribution in [2.75, 3.05) is 19.7 Å². The summed E-state index contributed by atoms with van der Waals surface area (Å²) in [6.45, 7) is -2.27. The number of nitrogens with one attached hydrogen (secondary N) is 1. The van der Waals surface area contributed by atoms with Crippen LogP contribution in [0.2, 0.25) is 0 Å². The van der Waals surface area contributed by atoms with Crippen LogP contribution < -0.4 is 10.1 Å². The third-order valence-corrected chi connectivity index (χ3v) is 5.12. The fourth-order valence-electron chi connectivity index (χ4n) is 2.43. The molecule has 1 aromatic carbocycles. The minimum absolute atomic E-state index is 0.00858. The number of thiocarbonyl (C=S) groups is 1. The van der Waals surface area contributed by atoms with Gasteiger partial charge in [0.2, 0.25) is 5.91 Å². The zero-order chi connectivity index (χ0) is 20.5. The van der Waals surface area contributed by atoms with E-state index in [9.17, 15) is 18.4 Å². The lowest BCUT2D eigenvalue weighted by atomic mass is 10.2. The predicted molar refractivity (Wildman–Crippen MR) is 107 cm³/mol. The van der Waals surface area contributed by atoms with Crippen LogP contribution in [0.3, 0.4) is 0 Å². The van der Waals surface area contributed by atoms with Crippen LogP contribution in [0.25, 0.3) is 6.08 Å². The maximum atomic E-state index is 12.6. The highest BCUT2D eigenvalue weighted by Gasteiger charge is 2.31. The Morgan fingerprint density at radius 2 is 2.11 bits per heavy atom. The van der Waals surface area contributed by atoms with E-state index < -0.39 is 6.61 Å². The van der Waals surface area contributed by atoms with E-state index in [0.717, 1.165) is 11.8 Å². The third kappa shape index (κ3) is 6.54. The number of carbonyl (C=O) groups excluding carboxylic acids is 2. The average molecular weight is 430 g/mol. The number of nitrogens with zero attached hydrogens (tertiary/aromatic N) is 1. The molecule has 0 aliphatic carbocycles. The largest absolute Gasteiger partial charge is 0.434 e. The Labute approximate surface area is 170 Å². The third-order valence-electron chi connectivity index (χ3n) is 3.74. The Kier molecular flexibility index (Phi) is 8.81. The lowest BCUT2D eigenvalue weighted by Crippen LogP contribution is -2.31. The maximum Gasteiger partial charge on any atom is 0.387 e. The van der Waals surface area contributed by atoms with Crippen molar-refractivity contribution >= 4 is 46.2 Å². The number of amides is 2. The van der Waals surface area contributed by atoms with E-state index in [0.29, 0.717) is 34.2 Å². The molecule has 0 saturated carbocycles. The van der Waals surface area contributed by atoms with Gasteiger partial charge in [-0.15, -0.1) is 0 Å². The molecule has 0 spiro atoms.